The lowest BCUT2D eigenvalue weighted by Gasteiger charge is -2.25. The minimum atomic E-state index is 0.590. The number of likely N-dealkylation sites (N-methyl/N-ethyl adjacent to an activating group) is 1. The van der Waals surface area contributed by atoms with Crippen LogP contribution in [0.25, 0.3) is 0 Å². The quantitative estimate of drug-likeness (QED) is 0.580. The van der Waals surface area contributed by atoms with Crippen LogP contribution in [0.5, 0.6) is 5.75 Å². The van der Waals surface area contributed by atoms with Gasteiger partial charge in [0.2, 0.25) is 0 Å². The number of fused-ring (bicyclic) bond motifs is 2. The van der Waals surface area contributed by atoms with Gasteiger partial charge in [-0.3, -0.25) is 0 Å². The average Bonchev–Trinajstić information content (AvgIpc) is 2.61. The summed E-state index contributed by atoms with van der Waals surface area (Å²) >= 11 is 0. The zero-order valence-corrected chi connectivity index (χ0v) is 8.25. The Balaban J connectivity index is 2.06. The normalized spacial score (nSPS) is 20.1. The van der Waals surface area contributed by atoms with Gasteiger partial charge >= 0.3 is 0 Å². The minimum absolute atomic E-state index is 0.590. The van der Waals surface area contributed by atoms with Crippen molar-refractivity contribution >= 4 is 0 Å². The van der Waals surface area contributed by atoms with Crippen molar-refractivity contribution in [2.75, 3.05) is 13.6 Å². The molecule has 0 saturated heterocycles. The van der Waals surface area contributed by atoms with E-state index in [1.54, 1.807) is 0 Å². The number of rotatable bonds is 0. The van der Waals surface area contributed by atoms with Crippen LogP contribution in [0.3, 0.4) is 0 Å². The molecule has 3 rings (SSSR count). The van der Waals surface area contributed by atoms with Crippen molar-refractivity contribution < 1.29 is 9.78 Å². The molecular weight excluding hydrogens is 178 g/mol. The second-order valence-corrected chi connectivity index (χ2v) is 4.06. The predicted octanol–water partition coefficient (Wildman–Crippen LogP) is 1.50. The molecule has 0 atom stereocenters. The molecule has 3 nitrogen and oxygen atoms in total. The predicted molar refractivity (Wildman–Crippen MR) is 51.9 cm³/mol. The first-order valence-corrected chi connectivity index (χ1v) is 4.95. The Morgan fingerprint density at radius 1 is 1.21 bits per heavy atom. The van der Waals surface area contributed by atoms with E-state index in [1.165, 1.54) is 16.7 Å². The summed E-state index contributed by atoms with van der Waals surface area (Å²) in [6.07, 6.45) is 1.11. The van der Waals surface area contributed by atoms with Crippen LogP contribution < -0.4 is 4.89 Å². The molecular formula is C11H13NO2. The van der Waals surface area contributed by atoms with E-state index >= 15 is 0 Å². The van der Waals surface area contributed by atoms with E-state index in [1.807, 2.05) is 0 Å². The molecule has 0 amide bonds. The van der Waals surface area contributed by atoms with Crippen molar-refractivity contribution in [1.82, 2.24) is 4.90 Å². The van der Waals surface area contributed by atoms with E-state index in [-0.39, 0.29) is 0 Å². The Hall–Kier alpha value is -1.06. The lowest BCUT2D eigenvalue weighted by molar-refractivity contribution is -0.194. The van der Waals surface area contributed by atoms with Crippen LogP contribution in [0.15, 0.2) is 12.1 Å². The summed E-state index contributed by atoms with van der Waals surface area (Å²) < 4.78 is 0. The first kappa shape index (κ1) is 8.26. The molecule has 0 N–H and O–H groups in total. The van der Waals surface area contributed by atoms with Gasteiger partial charge in [0, 0.05) is 18.7 Å². The Morgan fingerprint density at radius 2 is 2.14 bits per heavy atom. The average molecular weight is 191 g/mol. The molecule has 0 aliphatic carbocycles. The first-order valence-electron chi connectivity index (χ1n) is 4.95. The SMILES string of the molecule is CN1CCc2cc3c(cc2C1)COO3. The Kier molecular flexibility index (Phi) is 1.75. The molecule has 0 fully saturated rings. The van der Waals surface area contributed by atoms with Gasteiger partial charge in [0.25, 0.3) is 0 Å². The minimum Gasteiger partial charge on any atom is -0.337 e. The number of nitrogens with zero attached hydrogens (tertiary/aromatic N) is 1. The highest BCUT2D eigenvalue weighted by molar-refractivity contribution is 5.44. The summed E-state index contributed by atoms with van der Waals surface area (Å²) in [5, 5.41) is 0. The van der Waals surface area contributed by atoms with Gasteiger partial charge in [-0.05, 0) is 36.7 Å². The maximum atomic E-state index is 5.08. The molecule has 2 heterocycles. The van der Waals surface area contributed by atoms with Crippen LogP contribution >= 0.6 is 0 Å². The van der Waals surface area contributed by atoms with Gasteiger partial charge in [0.05, 0.1) is 0 Å². The van der Waals surface area contributed by atoms with Gasteiger partial charge in [-0.25, -0.2) is 0 Å². The van der Waals surface area contributed by atoms with Gasteiger partial charge in [-0.2, -0.15) is 4.89 Å². The molecule has 1 aromatic rings. The van der Waals surface area contributed by atoms with Crippen molar-refractivity contribution in [2.45, 2.75) is 19.6 Å². The molecule has 14 heavy (non-hydrogen) atoms. The fourth-order valence-corrected chi connectivity index (χ4v) is 2.13. The van der Waals surface area contributed by atoms with E-state index in [9.17, 15) is 0 Å². The monoisotopic (exact) mass is 191 g/mol. The standard InChI is InChI=1S/C11H13NO2/c1-12-3-2-8-5-11-10(7-13-14-11)4-9(8)6-12/h4-5H,2-3,6-7H2,1H3. The summed E-state index contributed by atoms with van der Waals surface area (Å²) in [6.45, 7) is 2.77. The molecule has 3 heteroatoms. The Morgan fingerprint density at radius 3 is 3.07 bits per heavy atom. The van der Waals surface area contributed by atoms with Crippen LogP contribution in [-0.4, -0.2) is 18.5 Å². The Bertz CT molecular complexity index is 376. The van der Waals surface area contributed by atoms with Crippen molar-refractivity contribution in [2.24, 2.45) is 0 Å². The lowest BCUT2D eigenvalue weighted by atomic mass is 9.97. The van der Waals surface area contributed by atoms with Crippen LogP contribution in [-0.2, 0) is 24.5 Å². The van der Waals surface area contributed by atoms with Crippen molar-refractivity contribution in [3.05, 3.63) is 28.8 Å². The van der Waals surface area contributed by atoms with Crippen molar-refractivity contribution in [1.29, 1.82) is 0 Å². The second-order valence-electron chi connectivity index (χ2n) is 4.06. The van der Waals surface area contributed by atoms with Crippen LogP contribution in [0, 0.1) is 0 Å². The summed E-state index contributed by atoms with van der Waals surface area (Å²) in [6, 6.07) is 4.35. The van der Waals surface area contributed by atoms with Gasteiger partial charge in [-0.1, -0.05) is 0 Å². The zero-order chi connectivity index (χ0) is 9.54. The molecule has 2 aliphatic heterocycles. The third kappa shape index (κ3) is 1.21. The highest BCUT2D eigenvalue weighted by atomic mass is 17.2. The topological polar surface area (TPSA) is 21.7 Å². The summed E-state index contributed by atoms with van der Waals surface area (Å²) in [5.41, 5.74) is 4.01. The summed E-state index contributed by atoms with van der Waals surface area (Å²) in [4.78, 5) is 12.4. The zero-order valence-electron chi connectivity index (χ0n) is 8.25. The van der Waals surface area contributed by atoms with Gasteiger partial charge in [0.15, 0.2) is 5.75 Å². The van der Waals surface area contributed by atoms with Crippen LogP contribution in [0.2, 0.25) is 0 Å². The molecule has 0 saturated carbocycles. The Labute approximate surface area is 83.2 Å². The van der Waals surface area contributed by atoms with E-state index in [0.717, 1.165) is 25.3 Å². The third-order valence-corrected chi connectivity index (χ3v) is 2.95. The largest absolute Gasteiger partial charge is 0.337 e. The van der Waals surface area contributed by atoms with Crippen LogP contribution in [0.1, 0.15) is 16.7 Å². The van der Waals surface area contributed by atoms with Gasteiger partial charge in [-0.15, -0.1) is 0 Å². The summed E-state index contributed by atoms with van der Waals surface area (Å²) in [5.74, 6) is 0.910. The van der Waals surface area contributed by atoms with Crippen molar-refractivity contribution in [3.8, 4) is 5.75 Å². The smallest absolute Gasteiger partial charge is 0.171 e. The molecule has 0 unspecified atom stereocenters. The molecule has 0 bridgehead atoms. The third-order valence-electron chi connectivity index (χ3n) is 2.95. The highest BCUT2D eigenvalue weighted by Gasteiger charge is 2.20. The van der Waals surface area contributed by atoms with Crippen molar-refractivity contribution in [3.63, 3.8) is 0 Å². The van der Waals surface area contributed by atoms with Gasteiger partial charge in [0.1, 0.15) is 6.61 Å². The maximum absolute atomic E-state index is 5.08. The van der Waals surface area contributed by atoms with E-state index < -0.39 is 0 Å². The van der Waals surface area contributed by atoms with Crippen LogP contribution in [0.4, 0.5) is 0 Å². The number of hydrogen-bond donors (Lipinski definition) is 0. The van der Waals surface area contributed by atoms with E-state index in [2.05, 4.69) is 24.1 Å². The number of hydrogen-bond acceptors (Lipinski definition) is 3. The highest BCUT2D eigenvalue weighted by Crippen LogP contribution is 2.31. The first-order chi connectivity index (χ1) is 6.83. The fourth-order valence-electron chi connectivity index (χ4n) is 2.13. The lowest BCUT2D eigenvalue weighted by Crippen LogP contribution is -2.26. The van der Waals surface area contributed by atoms with Gasteiger partial charge < -0.3 is 9.79 Å². The number of benzene rings is 1. The molecule has 2 aliphatic rings. The van der Waals surface area contributed by atoms with E-state index in [4.69, 9.17) is 9.78 Å². The molecule has 0 spiro atoms. The van der Waals surface area contributed by atoms with E-state index in [0.29, 0.717) is 6.61 Å². The summed E-state index contributed by atoms with van der Waals surface area (Å²) in [7, 11) is 2.16. The molecule has 1 aromatic carbocycles. The fraction of sp³-hybridized carbons (Fsp3) is 0.455. The maximum Gasteiger partial charge on any atom is 0.171 e. The molecule has 0 radical (unpaired) electrons. The molecule has 0 aromatic heterocycles. The second kappa shape index (κ2) is 2.97. The molecule has 74 valence electrons.